The monoisotopic (exact) mass is 355 g/mol. The summed E-state index contributed by atoms with van der Waals surface area (Å²) < 4.78 is 27.1. The molecular formula is C19H19F2N5. The van der Waals surface area contributed by atoms with Gasteiger partial charge in [-0.2, -0.15) is 4.98 Å². The van der Waals surface area contributed by atoms with Crippen LogP contribution < -0.4 is 10.2 Å². The summed E-state index contributed by atoms with van der Waals surface area (Å²) in [5, 5.41) is 3.84. The summed E-state index contributed by atoms with van der Waals surface area (Å²) in [5.41, 5.74) is 0.924. The van der Waals surface area contributed by atoms with Crippen LogP contribution in [-0.2, 0) is 0 Å². The Balaban J connectivity index is 1.73. The Morgan fingerprint density at radius 3 is 2.50 bits per heavy atom. The lowest BCUT2D eigenvalue weighted by atomic mass is 10.2. The highest BCUT2D eigenvalue weighted by molar-refractivity contribution is 5.90. The molecule has 7 heteroatoms. The Labute approximate surface area is 150 Å². The molecule has 1 saturated heterocycles. The fourth-order valence-corrected chi connectivity index (χ4v) is 3.09. The van der Waals surface area contributed by atoms with Crippen molar-refractivity contribution >= 4 is 28.4 Å². The number of rotatable bonds is 3. The van der Waals surface area contributed by atoms with E-state index in [1.165, 1.54) is 12.1 Å². The number of para-hydroxylation sites is 1. The van der Waals surface area contributed by atoms with E-state index in [2.05, 4.69) is 32.1 Å². The summed E-state index contributed by atoms with van der Waals surface area (Å²) in [6.07, 6.45) is 0. The zero-order chi connectivity index (χ0) is 18.1. The average molecular weight is 355 g/mol. The molecule has 26 heavy (non-hydrogen) atoms. The van der Waals surface area contributed by atoms with Gasteiger partial charge in [0.25, 0.3) is 0 Å². The molecule has 1 N–H and O–H groups in total. The minimum Gasteiger partial charge on any atom is -0.353 e. The van der Waals surface area contributed by atoms with Crippen LogP contribution in [0.15, 0.2) is 42.5 Å². The van der Waals surface area contributed by atoms with Gasteiger partial charge in [0.15, 0.2) is 0 Å². The number of nitrogens with zero attached hydrogens (tertiary/aromatic N) is 4. The third kappa shape index (κ3) is 3.30. The number of benzene rings is 2. The van der Waals surface area contributed by atoms with Crippen molar-refractivity contribution in [3.63, 3.8) is 0 Å². The van der Waals surface area contributed by atoms with Crippen molar-refractivity contribution in [1.82, 2.24) is 14.9 Å². The second-order valence-electron chi connectivity index (χ2n) is 6.43. The lowest BCUT2D eigenvalue weighted by molar-refractivity contribution is 0.312. The van der Waals surface area contributed by atoms with Crippen molar-refractivity contribution < 1.29 is 8.78 Å². The van der Waals surface area contributed by atoms with Crippen LogP contribution in [0.25, 0.3) is 10.9 Å². The van der Waals surface area contributed by atoms with E-state index >= 15 is 0 Å². The number of hydrogen-bond donors (Lipinski definition) is 1. The Morgan fingerprint density at radius 1 is 0.962 bits per heavy atom. The predicted molar refractivity (Wildman–Crippen MR) is 98.9 cm³/mol. The predicted octanol–water partition coefficient (Wildman–Crippen LogP) is 3.40. The quantitative estimate of drug-likeness (QED) is 0.780. The second kappa shape index (κ2) is 6.84. The molecule has 1 aliphatic rings. The van der Waals surface area contributed by atoms with Crippen LogP contribution in [0.3, 0.4) is 0 Å². The minimum atomic E-state index is -0.678. The Bertz CT molecular complexity index is 938. The molecule has 3 aromatic rings. The van der Waals surface area contributed by atoms with Gasteiger partial charge in [0.2, 0.25) is 5.95 Å². The lowest BCUT2D eigenvalue weighted by Gasteiger charge is -2.33. The maximum atomic E-state index is 14.0. The van der Waals surface area contributed by atoms with Crippen LogP contribution in [0.4, 0.5) is 26.2 Å². The molecule has 0 aliphatic carbocycles. The van der Waals surface area contributed by atoms with E-state index < -0.39 is 11.6 Å². The van der Waals surface area contributed by atoms with Gasteiger partial charge >= 0.3 is 0 Å². The second-order valence-corrected chi connectivity index (χ2v) is 6.43. The Morgan fingerprint density at radius 2 is 1.73 bits per heavy atom. The molecule has 0 radical (unpaired) electrons. The molecule has 0 unspecified atom stereocenters. The molecule has 134 valence electrons. The Hall–Kier alpha value is -2.80. The van der Waals surface area contributed by atoms with Gasteiger partial charge in [-0.25, -0.2) is 13.8 Å². The third-order valence-corrected chi connectivity index (χ3v) is 4.56. The van der Waals surface area contributed by atoms with Crippen molar-refractivity contribution in [3.8, 4) is 0 Å². The fourth-order valence-electron chi connectivity index (χ4n) is 3.09. The normalized spacial score (nSPS) is 15.4. The Kier molecular flexibility index (Phi) is 4.38. The summed E-state index contributed by atoms with van der Waals surface area (Å²) in [4.78, 5) is 13.6. The van der Waals surface area contributed by atoms with Crippen molar-refractivity contribution in [3.05, 3.63) is 54.1 Å². The number of aromatic nitrogens is 2. The summed E-state index contributed by atoms with van der Waals surface area (Å²) in [7, 11) is 2.10. The zero-order valence-corrected chi connectivity index (χ0v) is 14.4. The van der Waals surface area contributed by atoms with Gasteiger partial charge in [-0.3, -0.25) is 0 Å². The van der Waals surface area contributed by atoms with Gasteiger partial charge in [0, 0.05) is 37.6 Å². The summed E-state index contributed by atoms with van der Waals surface area (Å²) in [6.45, 7) is 3.63. The van der Waals surface area contributed by atoms with E-state index in [1.54, 1.807) is 0 Å². The first-order valence-corrected chi connectivity index (χ1v) is 8.52. The average Bonchev–Trinajstić information content (AvgIpc) is 2.64. The van der Waals surface area contributed by atoms with Crippen molar-refractivity contribution in [1.29, 1.82) is 0 Å². The number of nitrogens with one attached hydrogen (secondary N) is 1. The summed E-state index contributed by atoms with van der Waals surface area (Å²) in [5.74, 6) is -0.176. The number of halogens is 2. The van der Waals surface area contributed by atoms with E-state index in [1.807, 2.05) is 24.3 Å². The number of fused-ring (bicyclic) bond motifs is 1. The van der Waals surface area contributed by atoms with Crippen molar-refractivity contribution in [2.75, 3.05) is 43.4 Å². The van der Waals surface area contributed by atoms with Crippen LogP contribution >= 0.6 is 0 Å². The minimum absolute atomic E-state index is 0.144. The molecule has 5 nitrogen and oxygen atoms in total. The van der Waals surface area contributed by atoms with Crippen LogP contribution in [0, 0.1) is 11.6 Å². The molecule has 0 spiro atoms. The lowest BCUT2D eigenvalue weighted by Crippen LogP contribution is -2.45. The largest absolute Gasteiger partial charge is 0.353 e. The SMILES string of the molecule is CN1CCN(c2nc(Nc3ccc(F)cc3F)nc3ccccc23)CC1. The number of piperazine rings is 1. The van der Waals surface area contributed by atoms with Gasteiger partial charge in [-0.15, -0.1) is 0 Å². The van der Waals surface area contributed by atoms with Crippen LogP contribution in [0.1, 0.15) is 0 Å². The molecule has 0 amide bonds. The smallest absolute Gasteiger partial charge is 0.229 e. The zero-order valence-electron chi connectivity index (χ0n) is 14.4. The highest BCUT2D eigenvalue weighted by Crippen LogP contribution is 2.28. The first kappa shape index (κ1) is 16.7. The van der Waals surface area contributed by atoms with Gasteiger partial charge in [-0.05, 0) is 31.3 Å². The molecule has 2 aromatic carbocycles. The first-order chi connectivity index (χ1) is 12.6. The van der Waals surface area contributed by atoms with Crippen molar-refractivity contribution in [2.45, 2.75) is 0 Å². The van der Waals surface area contributed by atoms with Crippen LogP contribution in [0.5, 0.6) is 0 Å². The van der Waals surface area contributed by atoms with Crippen molar-refractivity contribution in [2.24, 2.45) is 0 Å². The molecule has 0 saturated carbocycles. The first-order valence-electron chi connectivity index (χ1n) is 8.52. The number of hydrogen-bond acceptors (Lipinski definition) is 5. The molecule has 4 rings (SSSR count). The number of anilines is 3. The topological polar surface area (TPSA) is 44.3 Å². The van der Waals surface area contributed by atoms with E-state index in [9.17, 15) is 8.78 Å². The third-order valence-electron chi connectivity index (χ3n) is 4.56. The molecule has 2 heterocycles. The highest BCUT2D eigenvalue weighted by atomic mass is 19.1. The van der Waals surface area contributed by atoms with Crippen LogP contribution in [-0.4, -0.2) is 48.1 Å². The molecular weight excluding hydrogens is 336 g/mol. The van der Waals surface area contributed by atoms with E-state index in [4.69, 9.17) is 0 Å². The van der Waals surface area contributed by atoms with E-state index in [-0.39, 0.29) is 5.69 Å². The van der Waals surface area contributed by atoms with E-state index in [0.717, 1.165) is 49.0 Å². The number of likely N-dealkylation sites (N-methyl/N-ethyl adjacent to an activating group) is 1. The van der Waals surface area contributed by atoms with Gasteiger partial charge in [0.05, 0.1) is 11.2 Å². The maximum Gasteiger partial charge on any atom is 0.229 e. The van der Waals surface area contributed by atoms with Gasteiger partial charge < -0.3 is 15.1 Å². The van der Waals surface area contributed by atoms with Crippen LogP contribution in [0.2, 0.25) is 0 Å². The van der Waals surface area contributed by atoms with Gasteiger partial charge in [-0.1, -0.05) is 12.1 Å². The molecule has 1 aliphatic heterocycles. The maximum absolute atomic E-state index is 14.0. The standard InChI is InChI=1S/C19H19F2N5/c1-25-8-10-26(11-9-25)18-14-4-2-3-5-16(14)22-19(24-18)23-17-7-6-13(20)12-15(17)21/h2-7,12H,8-11H2,1H3,(H,22,23,24). The fraction of sp³-hybridized carbons (Fsp3) is 0.263. The highest BCUT2D eigenvalue weighted by Gasteiger charge is 2.19. The molecule has 1 fully saturated rings. The van der Waals surface area contributed by atoms with E-state index in [0.29, 0.717) is 5.95 Å². The summed E-state index contributed by atoms with van der Waals surface area (Å²) in [6, 6.07) is 11.1. The molecule has 0 bridgehead atoms. The molecule has 0 atom stereocenters. The molecule has 1 aromatic heterocycles. The van der Waals surface area contributed by atoms with Gasteiger partial charge in [0.1, 0.15) is 17.5 Å². The summed E-state index contributed by atoms with van der Waals surface area (Å²) >= 11 is 0.